The van der Waals surface area contributed by atoms with Crippen molar-refractivity contribution in [3.8, 4) is 0 Å². The maximum atomic E-state index is 12.5. The third-order valence-electron chi connectivity index (χ3n) is 8.85. The molecular formula is C29H35N3O3. The first kappa shape index (κ1) is 22.7. The van der Waals surface area contributed by atoms with Crippen LogP contribution in [0, 0.1) is 5.92 Å². The Labute approximate surface area is 207 Å². The van der Waals surface area contributed by atoms with Crippen molar-refractivity contribution in [2.75, 3.05) is 42.9 Å². The van der Waals surface area contributed by atoms with E-state index in [0.29, 0.717) is 12.5 Å². The van der Waals surface area contributed by atoms with Gasteiger partial charge in [-0.1, -0.05) is 30.3 Å². The highest BCUT2D eigenvalue weighted by atomic mass is 16.3. The predicted octanol–water partition coefficient (Wildman–Crippen LogP) is 3.99. The molecule has 6 rings (SSSR count). The number of amides is 1. The van der Waals surface area contributed by atoms with Crippen LogP contribution in [-0.4, -0.2) is 60.0 Å². The van der Waals surface area contributed by atoms with E-state index in [9.17, 15) is 14.7 Å². The Morgan fingerprint density at radius 1 is 0.971 bits per heavy atom. The van der Waals surface area contributed by atoms with Gasteiger partial charge in [-0.15, -0.1) is 0 Å². The van der Waals surface area contributed by atoms with Gasteiger partial charge in [0.2, 0.25) is 5.91 Å². The van der Waals surface area contributed by atoms with Gasteiger partial charge in [-0.3, -0.25) is 14.5 Å². The molecular weight excluding hydrogens is 438 g/mol. The zero-order valence-electron chi connectivity index (χ0n) is 20.3. The number of carbonyl (C=O) groups is 2. The molecule has 3 aliphatic heterocycles. The number of nitrogens with one attached hydrogen (secondary N) is 1. The zero-order chi connectivity index (χ0) is 24.0. The van der Waals surface area contributed by atoms with Crippen LogP contribution in [-0.2, 0) is 10.2 Å². The molecule has 6 nitrogen and oxygen atoms in total. The normalized spacial score (nSPS) is 23.2. The van der Waals surface area contributed by atoms with Gasteiger partial charge in [0.05, 0.1) is 17.6 Å². The average molecular weight is 474 g/mol. The van der Waals surface area contributed by atoms with E-state index in [1.54, 1.807) is 0 Å². The molecule has 184 valence electrons. The fourth-order valence-corrected chi connectivity index (χ4v) is 6.41. The molecule has 1 aliphatic carbocycles. The minimum Gasteiger partial charge on any atom is -0.390 e. The highest BCUT2D eigenvalue weighted by molar-refractivity contribution is 6.08. The summed E-state index contributed by atoms with van der Waals surface area (Å²) < 4.78 is 0. The Balaban J connectivity index is 0.997. The molecule has 6 heteroatoms. The molecule has 0 aromatic heterocycles. The van der Waals surface area contributed by atoms with Crippen LogP contribution in [0.3, 0.4) is 0 Å². The van der Waals surface area contributed by atoms with E-state index < -0.39 is 5.60 Å². The van der Waals surface area contributed by atoms with Gasteiger partial charge in [0.15, 0.2) is 5.78 Å². The van der Waals surface area contributed by atoms with Gasteiger partial charge in [0.25, 0.3) is 0 Å². The van der Waals surface area contributed by atoms with Crippen LogP contribution in [0.15, 0.2) is 48.5 Å². The highest BCUT2D eigenvalue weighted by Gasteiger charge is 2.56. The number of likely N-dealkylation sites (tertiary alicyclic amines) is 1. The van der Waals surface area contributed by atoms with Gasteiger partial charge < -0.3 is 15.3 Å². The van der Waals surface area contributed by atoms with Gasteiger partial charge in [0.1, 0.15) is 0 Å². The molecule has 2 aromatic rings. The standard InChI is InChI=1S/C29H35N3O3/c33-26(22-4-2-1-3-5-22)20-31-14-8-21(9-15-31)19-28(35)12-16-32(17-13-28)23-6-7-25-24(18-23)29(10-11-29)27(34)30-25/h1-7,18,21,35H,8-17,19-20H2,(H,30,34). The van der Waals surface area contributed by atoms with Crippen molar-refractivity contribution in [1.29, 1.82) is 0 Å². The fraction of sp³-hybridized carbons (Fsp3) is 0.517. The quantitative estimate of drug-likeness (QED) is 0.621. The highest BCUT2D eigenvalue weighted by Crippen LogP contribution is 2.55. The number of ketones is 1. The van der Waals surface area contributed by atoms with E-state index in [0.717, 1.165) is 82.4 Å². The van der Waals surface area contributed by atoms with Gasteiger partial charge >= 0.3 is 0 Å². The third kappa shape index (κ3) is 4.38. The first-order chi connectivity index (χ1) is 16.9. The number of anilines is 2. The number of aliphatic hydroxyl groups is 1. The lowest BCUT2D eigenvalue weighted by atomic mass is 9.79. The molecule has 0 unspecified atom stereocenters. The van der Waals surface area contributed by atoms with Crippen LogP contribution in [0.4, 0.5) is 11.4 Å². The summed E-state index contributed by atoms with van der Waals surface area (Å²) in [6.45, 7) is 4.02. The lowest BCUT2D eigenvalue weighted by Gasteiger charge is -2.42. The number of piperidine rings is 2. The second kappa shape index (κ2) is 8.75. The van der Waals surface area contributed by atoms with Gasteiger partial charge in [0, 0.05) is 30.0 Å². The Morgan fingerprint density at radius 3 is 2.37 bits per heavy atom. The van der Waals surface area contributed by atoms with Crippen molar-refractivity contribution < 1.29 is 14.7 Å². The molecule has 0 radical (unpaired) electrons. The molecule has 1 saturated carbocycles. The molecule has 35 heavy (non-hydrogen) atoms. The van der Waals surface area contributed by atoms with Crippen LogP contribution in [0.5, 0.6) is 0 Å². The fourth-order valence-electron chi connectivity index (χ4n) is 6.41. The maximum absolute atomic E-state index is 12.5. The second-order valence-corrected chi connectivity index (χ2v) is 11.2. The van der Waals surface area contributed by atoms with Gasteiger partial charge in [-0.25, -0.2) is 0 Å². The SMILES string of the molecule is O=C(CN1CCC(CC2(O)CCN(c3ccc4c(c3)C3(CC3)C(=O)N4)CC2)CC1)c1ccccc1. The minimum atomic E-state index is -0.602. The Morgan fingerprint density at radius 2 is 1.69 bits per heavy atom. The van der Waals surface area contributed by atoms with E-state index in [4.69, 9.17) is 0 Å². The molecule has 1 spiro atoms. The molecule has 0 bridgehead atoms. The van der Waals surface area contributed by atoms with Crippen LogP contribution >= 0.6 is 0 Å². The smallest absolute Gasteiger partial charge is 0.235 e. The summed E-state index contributed by atoms with van der Waals surface area (Å²) in [5.41, 5.74) is 3.23. The molecule has 4 aliphatic rings. The van der Waals surface area contributed by atoms with E-state index in [1.165, 1.54) is 11.3 Å². The van der Waals surface area contributed by atoms with E-state index in [-0.39, 0.29) is 17.1 Å². The number of carbonyl (C=O) groups excluding carboxylic acids is 2. The molecule has 3 heterocycles. The summed E-state index contributed by atoms with van der Waals surface area (Å²) in [5, 5.41) is 14.4. The molecule has 0 atom stereocenters. The average Bonchev–Trinajstić information content (AvgIpc) is 3.63. The molecule has 2 N–H and O–H groups in total. The monoisotopic (exact) mass is 473 g/mol. The minimum absolute atomic E-state index is 0.160. The van der Waals surface area contributed by atoms with Crippen LogP contribution in [0.2, 0.25) is 0 Å². The van der Waals surface area contributed by atoms with E-state index in [2.05, 4.69) is 27.2 Å². The number of hydrogen-bond acceptors (Lipinski definition) is 5. The van der Waals surface area contributed by atoms with Crippen molar-refractivity contribution in [3.63, 3.8) is 0 Å². The molecule has 2 saturated heterocycles. The van der Waals surface area contributed by atoms with Gasteiger partial charge in [-0.05, 0) is 87.7 Å². The summed E-state index contributed by atoms with van der Waals surface area (Å²) >= 11 is 0. The Hall–Kier alpha value is -2.70. The number of nitrogens with zero attached hydrogens (tertiary/aromatic N) is 2. The summed E-state index contributed by atoms with van der Waals surface area (Å²) in [6.07, 6.45) is 6.40. The summed E-state index contributed by atoms with van der Waals surface area (Å²) in [6, 6.07) is 15.9. The van der Waals surface area contributed by atoms with Crippen molar-refractivity contribution in [1.82, 2.24) is 4.90 Å². The third-order valence-corrected chi connectivity index (χ3v) is 8.85. The predicted molar refractivity (Wildman–Crippen MR) is 137 cm³/mol. The summed E-state index contributed by atoms with van der Waals surface area (Å²) in [4.78, 5) is 29.5. The van der Waals surface area contributed by atoms with Crippen molar-refractivity contribution in [2.45, 2.75) is 56.0 Å². The van der Waals surface area contributed by atoms with Gasteiger partial charge in [-0.2, -0.15) is 0 Å². The lowest BCUT2D eigenvalue weighted by Crippen LogP contribution is -2.47. The Bertz CT molecular complexity index is 1110. The number of benzene rings is 2. The number of Topliss-reactive ketones (excluding diaryl/α,β-unsaturated/α-hetero) is 1. The Kier molecular flexibility index (Phi) is 5.69. The molecule has 2 aromatic carbocycles. The largest absolute Gasteiger partial charge is 0.390 e. The summed E-state index contributed by atoms with van der Waals surface area (Å²) in [7, 11) is 0. The number of hydrogen-bond donors (Lipinski definition) is 2. The maximum Gasteiger partial charge on any atom is 0.235 e. The lowest BCUT2D eigenvalue weighted by molar-refractivity contribution is -0.117. The number of fused-ring (bicyclic) bond motifs is 2. The number of rotatable bonds is 6. The van der Waals surface area contributed by atoms with Crippen molar-refractivity contribution in [3.05, 3.63) is 59.7 Å². The van der Waals surface area contributed by atoms with E-state index >= 15 is 0 Å². The van der Waals surface area contributed by atoms with Crippen molar-refractivity contribution >= 4 is 23.1 Å². The van der Waals surface area contributed by atoms with Crippen molar-refractivity contribution in [2.24, 2.45) is 5.92 Å². The van der Waals surface area contributed by atoms with Crippen LogP contribution < -0.4 is 10.2 Å². The van der Waals surface area contributed by atoms with Crippen LogP contribution in [0.1, 0.15) is 60.9 Å². The molecule has 3 fully saturated rings. The first-order valence-corrected chi connectivity index (χ1v) is 13.2. The second-order valence-electron chi connectivity index (χ2n) is 11.2. The van der Waals surface area contributed by atoms with Crippen LogP contribution in [0.25, 0.3) is 0 Å². The topological polar surface area (TPSA) is 72.9 Å². The molecule has 1 amide bonds. The summed E-state index contributed by atoms with van der Waals surface area (Å²) in [5.74, 6) is 0.865. The van der Waals surface area contributed by atoms with E-state index in [1.807, 2.05) is 36.4 Å². The first-order valence-electron chi connectivity index (χ1n) is 13.2. The zero-order valence-corrected chi connectivity index (χ0v) is 20.3.